The standard InChI is InChI=1S/C17H15FO5S/c1-9-10(2)22-17(15(9)18)16-13(19)8-14(23-16)11-4-6-12(7-5-11)24(3,20)21/h4-8,16H,1-3H3. The van der Waals surface area contributed by atoms with Crippen LogP contribution in [0.2, 0.25) is 0 Å². The zero-order valence-electron chi connectivity index (χ0n) is 13.3. The van der Waals surface area contributed by atoms with Crippen LogP contribution in [0.15, 0.2) is 39.7 Å². The predicted octanol–water partition coefficient (Wildman–Crippen LogP) is 3.12. The number of rotatable bonds is 3. The van der Waals surface area contributed by atoms with E-state index in [0.717, 1.165) is 6.26 Å². The fraction of sp³-hybridized carbons (Fsp3) is 0.235. The number of ether oxygens (including phenoxy) is 1. The maximum atomic E-state index is 14.1. The molecule has 3 rings (SSSR count). The first-order valence-corrected chi connectivity index (χ1v) is 9.05. The SMILES string of the molecule is Cc1oc(C2OC(c3ccc(S(C)(=O)=O)cc3)=CC2=O)c(F)c1C. The largest absolute Gasteiger partial charge is 0.473 e. The van der Waals surface area contributed by atoms with Crippen LogP contribution in [0.5, 0.6) is 0 Å². The number of hydrogen-bond acceptors (Lipinski definition) is 5. The molecular formula is C17H15FO5S. The molecule has 0 aliphatic carbocycles. The molecule has 0 radical (unpaired) electrons. The molecule has 2 heterocycles. The minimum absolute atomic E-state index is 0.144. The number of sulfone groups is 1. The van der Waals surface area contributed by atoms with Gasteiger partial charge in [-0.05, 0) is 38.1 Å². The van der Waals surface area contributed by atoms with Crippen LogP contribution < -0.4 is 0 Å². The molecule has 1 aromatic heterocycles. The average molecular weight is 350 g/mol. The average Bonchev–Trinajstić information content (AvgIpc) is 3.02. The van der Waals surface area contributed by atoms with E-state index in [1.54, 1.807) is 13.8 Å². The van der Waals surface area contributed by atoms with Gasteiger partial charge in [0, 0.05) is 23.5 Å². The number of ketones is 1. The molecule has 1 aliphatic rings. The predicted molar refractivity (Wildman–Crippen MR) is 84.5 cm³/mol. The fourth-order valence-electron chi connectivity index (χ4n) is 2.42. The third-order valence-electron chi connectivity index (χ3n) is 3.92. The molecule has 126 valence electrons. The minimum Gasteiger partial charge on any atom is -0.473 e. The summed E-state index contributed by atoms with van der Waals surface area (Å²) in [6.45, 7) is 3.18. The lowest BCUT2D eigenvalue weighted by atomic mass is 10.1. The summed E-state index contributed by atoms with van der Waals surface area (Å²) in [5, 5.41) is 0. The van der Waals surface area contributed by atoms with E-state index in [1.807, 2.05) is 0 Å². The van der Waals surface area contributed by atoms with Crippen molar-refractivity contribution >= 4 is 21.4 Å². The van der Waals surface area contributed by atoms with Crippen molar-refractivity contribution in [2.75, 3.05) is 6.26 Å². The van der Waals surface area contributed by atoms with Gasteiger partial charge < -0.3 is 9.15 Å². The van der Waals surface area contributed by atoms with Crippen molar-refractivity contribution in [3.05, 3.63) is 58.8 Å². The number of hydrogen-bond donors (Lipinski definition) is 0. The third-order valence-corrected chi connectivity index (χ3v) is 5.05. The van der Waals surface area contributed by atoms with Crippen LogP contribution in [-0.2, 0) is 19.4 Å². The highest BCUT2D eigenvalue weighted by Crippen LogP contribution is 2.37. The first-order valence-electron chi connectivity index (χ1n) is 7.16. The van der Waals surface area contributed by atoms with E-state index in [9.17, 15) is 17.6 Å². The Kier molecular flexibility index (Phi) is 3.83. The highest BCUT2D eigenvalue weighted by Gasteiger charge is 2.35. The topological polar surface area (TPSA) is 73.6 Å². The highest BCUT2D eigenvalue weighted by molar-refractivity contribution is 7.90. The van der Waals surface area contributed by atoms with E-state index >= 15 is 0 Å². The van der Waals surface area contributed by atoms with Gasteiger partial charge in [0.25, 0.3) is 0 Å². The molecule has 2 aromatic rings. The van der Waals surface area contributed by atoms with Crippen LogP contribution in [0.25, 0.3) is 5.76 Å². The molecule has 0 spiro atoms. The monoisotopic (exact) mass is 350 g/mol. The van der Waals surface area contributed by atoms with Crippen molar-refractivity contribution < 1.29 is 26.8 Å². The molecule has 0 saturated heterocycles. The molecule has 0 fully saturated rings. The van der Waals surface area contributed by atoms with Gasteiger partial charge in [0.2, 0.25) is 11.9 Å². The van der Waals surface area contributed by atoms with Crippen molar-refractivity contribution in [1.29, 1.82) is 0 Å². The van der Waals surface area contributed by atoms with Gasteiger partial charge in [-0.3, -0.25) is 4.79 Å². The minimum atomic E-state index is -3.31. The van der Waals surface area contributed by atoms with Gasteiger partial charge in [-0.2, -0.15) is 0 Å². The van der Waals surface area contributed by atoms with Gasteiger partial charge >= 0.3 is 0 Å². The number of carbonyl (C=O) groups is 1. The second-order valence-electron chi connectivity index (χ2n) is 5.67. The lowest BCUT2D eigenvalue weighted by molar-refractivity contribution is -0.121. The third kappa shape index (κ3) is 2.75. The Bertz CT molecular complexity index is 952. The summed E-state index contributed by atoms with van der Waals surface area (Å²) in [6.07, 6.45) is 1.20. The first kappa shape index (κ1) is 16.4. The van der Waals surface area contributed by atoms with E-state index < -0.39 is 27.5 Å². The van der Waals surface area contributed by atoms with Gasteiger partial charge in [0.1, 0.15) is 11.5 Å². The van der Waals surface area contributed by atoms with Crippen molar-refractivity contribution in [3.8, 4) is 0 Å². The fourth-order valence-corrected chi connectivity index (χ4v) is 3.05. The van der Waals surface area contributed by atoms with Crippen molar-refractivity contribution in [1.82, 2.24) is 0 Å². The van der Waals surface area contributed by atoms with Crippen LogP contribution in [-0.4, -0.2) is 20.5 Å². The van der Waals surface area contributed by atoms with Crippen molar-refractivity contribution in [2.24, 2.45) is 0 Å². The van der Waals surface area contributed by atoms with E-state index in [-0.39, 0.29) is 16.4 Å². The summed E-state index contributed by atoms with van der Waals surface area (Å²) in [5.74, 6) is -0.521. The van der Waals surface area contributed by atoms with Crippen molar-refractivity contribution in [2.45, 2.75) is 24.8 Å². The van der Waals surface area contributed by atoms with E-state index in [4.69, 9.17) is 9.15 Å². The smallest absolute Gasteiger partial charge is 0.221 e. The summed E-state index contributed by atoms with van der Waals surface area (Å²) < 4.78 is 48.0. The number of furan rings is 1. The second kappa shape index (κ2) is 5.59. The summed E-state index contributed by atoms with van der Waals surface area (Å²) >= 11 is 0. The summed E-state index contributed by atoms with van der Waals surface area (Å²) in [4.78, 5) is 12.3. The molecule has 7 heteroatoms. The van der Waals surface area contributed by atoms with E-state index in [2.05, 4.69) is 0 Å². The second-order valence-corrected chi connectivity index (χ2v) is 7.68. The Hall–Kier alpha value is -2.41. The Balaban J connectivity index is 1.89. The molecule has 24 heavy (non-hydrogen) atoms. The molecule has 0 bridgehead atoms. The maximum absolute atomic E-state index is 14.1. The highest BCUT2D eigenvalue weighted by atomic mass is 32.2. The van der Waals surface area contributed by atoms with Gasteiger partial charge in [0.05, 0.1) is 4.90 Å². The molecule has 0 saturated carbocycles. The van der Waals surface area contributed by atoms with Gasteiger partial charge in [-0.15, -0.1) is 0 Å². The quantitative estimate of drug-likeness (QED) is 0.850. The van der Waals surface area contributed by atoms with E-state index in [0.29, 0.717) is 16.9 Å². The van der Waals surface area contributed by atoms with Crippen LogP contribution >= 0.6 is 0 Å². The van der Waals surface area contributed by atoms with Crippen LogP contribution in [0, 0.1) is 19.7 Å². The zero-order valence-corrected chi connectivity index (χ0v) is 14.1. The van der Waals surface area contributed by atoms with Crippen molar-refractivity contribution in [3.63, 3.8) is 0 Å². The Morgan fingerprint density at radius 2 is 1.75 bits per heavy atom. The molecule has 1 unspecified atom stereocenters. The molecular weight excluding hydrogens is 335 g/mol. The zero-order chi connectivity index (χ0) is 17.6. The van der Waals surface area contributed by atoms with Crippen LogP contribution in [0.3, 0.4) is 0 Å². The maximum Gasteiger partial charge on any atom is 0.221 e. The number of halogens is 1. The number of benzene rings is 1. The molecule has 0 N–H and O–H groups in total. The molecule has 1 aromatic carbocycles. The van der Waals surface area contributed by atoms with Crippen LogP contribution in [0.4, 0.5) is 4.39 Å². The summed E-state index contributed by atoms with van der Waals surface area (Å²) in [5.41, 5.74) is 0.867. The first-order chi connectivity index (χ1) is 11.2. The van der Waals surface area contributed by atoms with Crippen LogP contribution in [0.1, 0.15) is 28.8 Å². The molecule has 1 atom stereocenters. The van der Waals surface area contributed by atoms with Gasteiger partial charge in [0.15, 0.2) is 21.4 Å². The Morgan fingerprint density at radius 1 is 1.12 bits per heavy atom. The van der Waals surface area contributed by atoms with E-state index in [1.165, 1.54) is 30.3 Å². The Morgan fingerprint density at radius 3 is 2.25 bits per heavy atom. The number of aryl methyl sites for hydroxylation is 1. The lowest BCUT2D eigenvalue weighted by Gasteiger charge is -2.10. The molecule has 0 amide bonds. The summed E-state index contributed by atoms with van der Waals surface area (Å²) in [7, 11) is -3.31. The van der Waals surface area contributed by atoms with Gasteiger partial charge in [-0.1, -0.05) is 0 Å². The summed E-state index contributed by atoms with van der Waals surface area (Å²) in [6, 6.07) is 5.92. The Labute approximate surface area is 138 Å². The number of carbonyl (C=O) groups excluding carboxylic acids is 1. The molecule has 1 aliphatic heterocycles. The normalized spacial score (nSPS) is 17.8. The lowest BCUT2D eigenvalue weighted by Crippen LogP contribution is -2.07. The molecule has 5 nitrogen and oxygen atoms in total. The van der Waals surface area contributed by atoms with Gasteiger partial charge in [-0.25, -0.2) is 12.8 Å².